The van der Waals surface area contributed by atoms with Gasteiger partial charge in [0.15, 0.2) is 0 Å². The Kier molecular flexibility index (Phi) is 3.63. The van der Waals surface area contributed by atoms with Gasteiger partial charge in [-0.2, -0.15) is 0 Å². The number of nitrogens with one attached hydrogen (secondary N) is 1. The van der Waals surface area contributed by atoms with E-state index in [1.165, 1.54) is 25.1 Å². The fourth-order valence-electron chi connectivity index (χ4n) is 2.68. The van der Waals surface area contributed by atoms with E-state index in [0.29, 0.717) is 5.69 Å². The SMILES string of the molecule is CC(=O)N(C(=O)c1cccc(F)c1)c1cccc2c1NCC2. The van der Waals surface area contributed by atoms with E-state index in [4.69, 9.17) is 0 Å². The smallest absolute Gasteiger partial charge is 0.265 e. The molecule has 2 aromatic rings. The van der Waals surface area contributed by atoms with Crippen molar-refractivity contribution in [2.75, 3.05) is 16.8 Å². The summed E-state index contributed by atoms with van der Waals surface area (Å²) in [5.41, 5.74) is 2.51. The molecule has 0 bridgehead atoms. The lowest BCUT2D eigenvalue weighted by Gasteiger charge is -2.22. The van der Waals surface area contributed by atoms with E-state index >= 15 is 0 Å². The quantitative estimate of drug-likeness (QED) is 0.927. The van der Waals surface area contributed by atoms with Gasteiger partial charge in [0.1, 0.15) is 5.82 Å². The first-order valence-corrected chi connectivity index (χ1v) is 7.04. The summed E-state index contributed by atoms with van der Waals surface area (Å²) in [6, 6.07) is 10.8. The van der Waals surface area contributed by atoms with Crippen LogP contribution in [0, 0.1) is 5.82 Å². The highest BCUT2D eigenvalue weighted by Crippen LogP contribution is 2.34. The Hall–Kier alpha value is -2.69. The van der Waals surface area contributed by atoms with E-state index in [9.17, 15) is 14.0 Å². The van der Waals surface area contributed by atoms with Gasteiger partial charge in [-0.3, -0.25) is 9.59 Å². The summed E-state index contributed by atoms with van der Waals surface area (Å²) in [4.78, 5) is 25.8. The molecule has 5 heteroatoms. The predicted octanol–water partition coefficient (Wildman–Crippen LogP) is 2.99. The van der Waals surface area contributed by atoms with Gasteiger partial charge in [-0.1, -0.05) is 18.2 Å². The van der Waals surface area contributed by atoms with Gasteiger partial charge >= 0.3 is 0 Å². The lowest BCUT2D eigenvalue weighted by molar-refractivity contribution is -0.115. The van der Waals surface area contributed by atoms with E-state index in [-0.39, 0.29) is 5.56 Å². The minimum atomic E-state index is -0.533. The number of anilines is 2. The highest BCUT2D eigenvalue weighted by atomic mass is 19.1. The average Bonchev–Trinajstić information content (AvgIpc) is 2.96. The molecule has 2 aromatic carbocycles. The Labute approximate surface area is 127 Å². The van der Waals surface area contributed by atoms with Crippen molar-refractivity contribution >= 4 is 23.2 Å². The largest absolute Gasteiger partial charge is 0.383 e. The highest BCUT2D eigenvalue weighted by molar-refractivity contribution is 6.22. The average molecular weight is 298 g/mol. The molecule has 4 nitrogen and oxygen atoms in total. The van der Waals surface area contributed by atoms with Crippen LogP contribution in [0.15, 0.2) is 42.5 Å². The number of imide groups is 1. The molecule has 0 fully saturated rings. The van der Waals surface area contributed by atoms with Crippen molar-refractivity contribution in [1.82, 2.24) is 0 Å². The van der Waals surface area contributed by atoms with Crippen LogP contribution in [0.25, 0.3) is 0 Å². The number of hydrogen-bond acceptors (Lipinski definition) is 3. The molecular weight excluding hydrogens is 283 g/mol. The topological polar surface area (TPSA) is 49.4 Å². The molecule has 0 aromatic heterocycles. The third kappa shape index (κ3) is 2.45. The van der Waals surface area contributed by atoms with Crippen molar-refractivity contribution in [3.05, 3.63) is 59.4 Å². The first-order valence-electron chi connectivity index (χ1n) is 7.04. The first kappa shape index (κ1) is 14.3. The number of fused-ring (bicyclic) bond motifs is 1. The third-order valence-electron chi connectivity index (χ3n) is 3.66. The number of carbonyl (C=O) groups excluding carboxylic acids is 2. The molecule has 0 radical (unpaired) electrons. The fraction of sp³-hybridized carbons (Fsp3) is 0.176. The standard InChI is InChI=1S/C17H15FN2O2/c1-11(21)20(17(22)13-5-2-6-14(18)10-13)15-7-3-4-12-8-9-19-16(12)15/h2-7,10,19H,8-9H2,1H3. The van der Waals surface area contributed by atoms with Crippen LogP contribution in [-0.2, 0) is 11.2 Å². The zero-order valence-electron chi connectivity index (χ0n) is 12.1. The fourth-order valence-corrected chi connectivity index (χ4v) is 2.68. The Bertz CT molecular complexity index is 758. The van der Waals surface area contributed by atoms with E-state index in [2.05, 4.69) is 5.32 Å². The second-order valence-corrected chi connectivity index (χ2v) is 5.16. The maximum absolute atomic E-state index is 13.3. The minimum absolute atomic E-state index is 0.144. The van der Waals surface area contributed by atoms with Crippen molar-refractivity contribution in [2.24, 2.45) is 0 Å². The van der Waals surface area contributed by atoms with Crippen molar-refractivity contribution in [3.8, 4) is 0 Å². The second-order valence-electron chi connectivity index (χ2n) is 5.16. The number of halogens is 1. The molecule has 0 aliphatic carbocycles. The molecule has 22 heavy (non-hydrogen) atoms. The first-order chi connectivity index (χ1) is 10.6. The van der Waals surface area contributed by atoms with E-state index < -0.39 is 17.6 Å². The van der Waals surface area contributed by atoms with Crippen LogP contribution in [0.5, 0.6) is 0 Å². The molecular formula is C17H15FN2O2. The van der Waals surface area contributed by atoms with Crippen LogP contribution in [0.2, 0.25) is 0 Å². The van der Waals surface area contributed by atoms with Crippen LogP contribution in [0.3, 0.4) is 0 Å². The number of carbonyl (C=O) groups is 2. The Balaban J connectivity index is 2.06. The van der Waals surface area contributed by atoms with Crippen LogP contribution in [0.1, 0.15) is 22.8 Å². The molecule has 0 unspecified atom stereocenters. The van der Waals surface area contributed by atoms with Gasteiger partial charge in [0, 0.05) is 19.0 Å². The summed E-state index contributed by atoms with van der Waals surface area (Å²) in [5.74, 6) is -1.45. The molecule has 0 atom stereocenters. The number of amides is 2. The van der Waals surface area contributed by atoms with Gasteiger partial charge in [-0.05, 0) is 36.2 Å². The van der Waals surface area contributed by atoms with Crippen molar-refractivity contribution in [3.63, 3.8) is 0 Å². The summed E-state index contributed by atoms with van der Waals surface area (Å²) < 4.78 is 13.3. The Morgan fingerprint density at radius 3 is 2.68 bits per heavy atom. The molecule has 1 aliphatic rings. The van der Waals surface area contributed by atoms with Gasteiger partial charge < -0.3 is 5.32 Å². The summed E-state index contributed by atoms with van der Waals surface area (Å²) >= 11 is 0. The number of hydrogen-bond donors (Lipinski definition) is 1. The van der Waals surface area contributed by atoms with Crippen LogP contribution in [-0.4, -0.2) is 18.4 Å². The minimum Gasteiger partial charge on any atom is -0.383 e. The maximum atomic E-state index is 13.3. The Morgan fingerprint density at radius 1 is 1.18 bits per heavy atom. The number of nitrogens with zero attached hydrogens (tertiary/aromatic N) is 1. The van der Waals surface area contributed by atoms with Crippen LogP contribution in [0.4, 0.5) is 15.8 Å². The van der Waals surface area contributed by atoms with Gasteiger partial charge in [0.25, 0.3) is 5.91 Å². The normalized spacial score (nSPS) is 12.5. The summed E-state index contributed by atoms with van der Waals surface area (Å²) in [6.45, 7) is 2.10. The summed E-state index contributed by atoms with van der Waals surface area (Å²) in [7, 11) is 0. The molecule has 0 saturated carbocycles. The molecule has 112 valence electrons. The van der Waals surface area contributed by atoms with Crippen molar-refractivity contribution < 1.29 is 14.0 Å². The molecule has 1 N–H and O–H groups in total. The van der Waals surface area contributed by atoms with Crippen molar-refractivity contribution in [2.45, 2.75) is 13.3 Å². The Morgan fingerprint density at radius 2 is 1.95 bits per heavy atom. The summed E-state index contributed by atoms with van der Waals surface area (Å²) in [5, 5.41) is 3.20. The number of rotatable bonds is 2. The second kappa shape index (κ2) is 5.60. The lowest BCUT2D eigenvalue weighted by atomic mass is 10.1. The number of benzene rings is 2. The molecule has 0 spiro atoms. The predicted molar refractivity (Wildman–Crippen MR) is 82.5 cm³/mol. The van der Waals surface area contributed by atoms with Gasteiger partial charge in [-0.25, -0.2) is 9.29 Å². The monoisotopic (exact) mass is 298 g/mol. The maximum Gasteiger partial charge on any atom is 0.265 e. The molecule has 1 aliphatic heterocycles. The molecule has 3 rings (SSSR count). The summed E-state index contributed by atoms with van der Waals surface area (Å²) in [6.07, 6.45) is 0.850. The molecule has 1 heterocycles. The lowest BCUT2D eigenvalue weighted by Crippen LogP contribution is -2.35. The van der Waals surface area contributed by atoms with E-state index in [1.54, 1.807) is 6.07 Å². The molecule has 2 amide bonds. The molecule has 0 saturated heterocycles. The van der Waals surface area contributed by atoms with Gasteiger partial charge in [0.2, 0.25) is 5.91 Å². The zero-order chi connectivity index (χ0) is 15.7. The number of para-hydroxylation sites is 1. The van der Waals surface area contributed by atoms with Crippen LogP contribution >= 0.6 is 0 Å². The third-order valence-corrected chi connectivity index (χ3v) is 3.66. The van der Waals surface area contributed by atoms with Gasteiger partial charge in [-0.15, -0.1) is 0 Å². The van der Waals surface area contributed by atoms with Crippen LogP contribution < -0.4 is 10.2 Å². The zero-order valence-corrected chi connectivity index (χ0v) is 12.1. The van der Waals surface area contributed by atoms with Crippen molar-refractivity contribution in [1.29, 1.82) is 0 Å². The van der Waals surface area contributed by atoms with Gasteiger partial charge in [0.05, 0.1) is 11.4 Å². The van der Waals surface area contributed by atoms with E-state index in [0.717, 1.165) is 35.2 Å². The van der Waals surface area contributed by atoms with E-state index in [1.807, 2.05) is 12.1 Å². The highest BCUT2D eigenvalue weighted by Gasteiger charge is 2.26.